The largest absolute Gasteiger partial charge is 0.325 e. The topological polar surface area (TPSA) is 32.3 Å². The fourth-order valence-corrected chi connectivity index (χ4v) is 2.56. The van der Waals surface area contributed by atoms with Crippen molar-refractivity contribution in [1.82, 2.24) is 4.90 Å². The summed E-state index contributed by atoms with van der Waals surface area (Å²) < 4.78 is 0. The van der Waals surface area contributed by atoms with E-state index in [1.807, 2.05) is 19.1 Å². The maximum Gasteiger partial charge on any atom is 0.238 e. The third kappa shape index (κ3) is 4.64. The molecule has 0 spiro atoms. The van der Waals surface area contributed by atoms with Crippen LogP contribution in [0.25, 0.3) is 0 Å². The van der Waals surface area contributed by atoms with Gasteiger partial charge in [-0.2, -0.15) is 0 Å². The number of aryl methyl sites for hydroxylation is 2. The molecule has 1 saturated carbocycles. The first-order chi connectivity index (χ1) is 9.58. The fourth-order valence-electron chi connectivity index (χ4n) is 2.56. The van der Waals surface area contributed by atoms with E-state index in [1.165, 1.54) is 18.4 Å². The summed E-state index contributed by atoms with van der Waals surface area (Å²) in [5.41, 5.74) is 3.29. The van der Waals surface area contributed by atoms with E-state index in [0.29, 0.717) is 6.54 Å². The van der Waals surface area contributed by atoms with Crippen LogP contribution in [0.3, 0.4) is 0 Å². The van der Waals surface area contributed by atoms with Crippen LogP contribution >= 0.6 is 0 Å². The monoisotopic (exact) mass is 274 g/mol. The van der Waals surface area contributed by atoms with Gasteiger partial charge in [-0.3, -0.25) is 9.69 Å². The van der Waals surface area contributed by atoms with Crippen molar-refractivity contribution in [3.63, 3.8) is 0 Å². The first kappa shape index (κ1) is 15.0. The van der Waals surface area contributed by atoms with Crippen LogP contribution in [-0.4, -0.2) is 30.4 Å². The van der Waals surface area contributed by atoms with Crippen molar-refractivity contribution in [2.45, 2.75) is 40.0 Å². The number of benzene rings is 1. The van der Waals surface area contributed by atoms with Gasteiger partial charge in [-0.05, 0) is 57.2 Å². The Balaban J connectivity index is 1.89. The van der Waals surface area contributed by atoms with Gasteiger partial charge in [0.1, 0.15) is 0 Å². The highest BCUT2D eigenvalue weighted by Gasteiger charge is 2.24. The molecule has 0 aliphatic heterocycles. The summed E-state index contributed by atoms with van der Waals surface area (Å²) in [6, 6.07) is 6.13. The normalized spacial score (nSPS) is 14.6. The molecule has 1 N–H and O–H groups in total. The van der Waals surface area contributed by atoms with Gasteiger partial charge in [-0.1, -0.05) is 24.6 Å². The second-order valence-corrected chi connectivity index (χ2v) is 6.05. The van der Waals surface area contributed by atoms with Gasteiger partial charge in [0.05, 0.1) is 6.54 Å². The van der Waals surface area contributed by atoms with Crippen LogP contribution in [0.4, 0.5) is 5.69 Å². The Hall–Kier alpha value is -1.35. The lowest BCUT2D eigenvalue weighted by Crippen LogP contribution is -2.35. The van der Waals surface area contributed by atoms with Crippen molar-refractivity contribution in [1.29, 1.82) is 0 Å². The highest BCUT2D eigenvalue weighted by atomic mass is 16.2. The summed E-state index contributed by atoms with van der Waals surface area (Å²) in [5.74, 6) is 0.932. The first-order valence-electron chi connectivity index (χ1n) is 7.68. The van der Waals surface area contributed by atoms with Crippen molar-refractivity contribution in [2.24, 2.45) is 5.92 Å². The minimum atomic E-state index is 0.103. The maximum absolute atomic E-state index is 12.2. The van der Waals surface area contributed by atoms with Gasteiger partial charge >= 0.3 is 0 Å². The molecule has 1 fully saturated rings. The number of hydrogen-bond acceptors (Lipinski definition) is 2. The number of nitrogens with zero attached hydrogens (tertiary/aromatic N) is 1. The summed E-state index contributed by atoms with van der Waals surface area (Å²) in [5, 5.41) is 3.04. The molecule has 0 radical (unpaired) electrons. The Morgan fingerprint density at radius 2 is 2.10 bits per heavy atom. The molecule has 1 aromatic carbocycles. The lowest BCUT2D eigenvalue weighted by Gasteiger charge is -2.21. The standard InChI is InChI=1S/C17H26N2O/c1-4-9-19(11-15-6-7-15)12-17(20)18-16-8-5-13(2)10-14(16)3/h5,8,10,15H,4,6-7,9,11-12H2,1-3H3,(H,18,20). The van der Waals surface area contributed by atoms with Crippen molar-refractivity contribution < 1.29 is 4.79 Å². The summed E-state index contributed by atoms with van der Waals surface area (Å²) in [6.45, 7) is 8.87. The second kappa shape index (κ2) is 6.89. The number of carbonyl (C=O) groups excluding carboxylic acids is 1. The third-order valence-corrected chi connectivity index (χ3v) is 3.78. The van der Waals surface area contributed by atoms with Crippen molar-refractivity contribution in [2.75, 3.05) is 25.0 Å². The molecule has 20 heavy (non-hydrogen) atoms. The molecule has 3 heteroatoms. The predicted molar refractivity (Wildman–Crippen MR) is 84.0 cm³/mol. The zero-order valence-corrected chi connectivity index (χ0v) is 12.9. The van der Waals surface area contributed by atoms with Gasteiger partial charge in [-0.15, -0.1) is 0 Å². The lowest BCUT2D eigenvalue weighted by atomic mass is 10.1. The van der Waals surface area contributed by atoms with E-state index in [1.54, 1.807) is 0 Å². The van der Waals surface area contributed by atoms with E-state index in [9.17, 15) is 4.79 Å². The number of anilines is 1. The molecule has 110 valence electrons. The van der Waals surface area contributed by atoms with Gasteiger partial charge in [0.15, 0.2) is 0 Å². The van der Waals surface area contributed by atoms with Crippen molar-refractivity contribution in [3.8, 4) is 0 Å². The van der Waals surface area contributed by atoms with Gasteiger partial charge < -0.3 is 5.32 Å². The molecule has 1 aliphatic rings. The van der Waals surface area contributed by atoms with Gasteiger partial charge in [0, 0.05) is 12.2 Å². The average Bonchev–Trinajstić information content (AvgIpc) is 3.17. The Kier molecular flexibility index (Phi) is 5.18. The summed E-state index contributed by atoms with van der Waals surface area (Å²) >= 11 is 0. The van der Waals surface area contributed by atoms with Gasteiger partial charge in [0.2, 0.25) is 5.91 Å². The molecule has 1 amide bonds. The number of nitrogens with one attached hydrogen (secondary N) is 1. The molecule has 0 bridgehead atoms. The molecule has 0 atom stereocenters. The quantitative estimate of drug-likeness (QED) is 0.827. The Labute approximate surface area is 122 Å². The Morgan fingerprint density at radius 3 is 2.70 bits per heavy atom. The van der Waals surface area contributed by atoms with Crippen molar-refractivity contribution >= 4 is 11.6 Å². The summed E-state index contributed by atoms with van der Waals surface area (Å²) in [4.78, 5) is 14.5. The smallest absolute Gasteiger partial charge is 0.238 e. The fraction of sp³-hybridized carbons (Fsp3) is 0.588. The summed E-state index contributed by atoms with van der Waals surface area (Å²) in [6.07, 6.45) is 3.77. The molecule has 2 rings (SSSR count). The van der Waals surface area contributed by atoms with Crippen LogP contribution in [0, 0.1) is 19.8 Å². The molecule has 0 heterocycles. The third-order valence-electron chi connectivity index (χ3n) is 3.78. The van der Waals surface area contributed by atoms with E-state index in [0.717, 1.165) is 36.7 Å². The number of carbonyl (C=O) groups is 1. The number of hydrogen-bond donors (Lipinski definition) is 1. The molecular formula is C17H26N2O. The molecule has 1 aromatic rings. The molecule has 3 nitrogen and oxygen atoms in total. The minimum Gasteiger partial charge on any atom is -0.325 e. The van der Waals surface area contributed by atoms with Crippen LogP contribution < -0.4 is 5.32 Å². The number of rotatable bonds is 7. The van der Waals surface area contributed by atoms with Crippen LogP contribution in [0.15, 0.2) is 18.2 Å². The van der Waals surface area contributed by atoms with Crippen LogP contribution in [-0.2, 0) is 4.79 Å². The highest BCUT2D eigenvalue weighted by Crippen LogP contribution is 2.29. The molecule has 0 saturated heterocycles. The average molecular weight is 274 g/mol. The predicted octanol–water partition coefficient (Wildman–Crippen LogP) is 3.36. The zero-order chi connectivity index (χ0) is 14.5. The minimum absolute atomic E-state index is 0.103. The lowest BCUT2D eigenvalue weighted by molar-refractivity contribution is -0.117. The molecule has 1 aliphatic carbocycles. The first-order valence-corrected chi connectivity index (χ1v) is 7.68. The van der Waals surface area contributed by atoms with Gasteiger partial charge in [0.25, 0.3) is 0 Å². The Bertz CT molecular complexity index is 466. The second-order valence-electron chi connectivity index (χ2n) is 6.05. The van der Waals surface area contributed by atoms with Gasteiger partial charge in [-0.25, -0.2) is 0 Å². The van der Waals surface area contributed by atoms with E-state index in [2.05, 4.69) is 30.1 Å². The van der Waals surface area contributed by atoms with Crippen LogP contribution in [0.1, 0.15) is 37.3 Å². The number of amides is 1. The van der Waals surface area contributed by atoms with E-state index in [-0.39, 0.29) is 5.91 Å². The molecule has 0 unspecified atom stereocenters. The molecular weight excluding hydrogens is 248 g/mol. The van der Waals surface area contributed by atoms with E-state index >= 15 is 0 Å². The van der Waals surface area contributed by atoms with E-state index < -0.39 is 0 Å². The van der Waals surface area contributed by atoms with Crippen LogP contribution in [0.5, 0.6) is 0 Å². The highest BCUT2D eigenvalue weighted by molar-refractivity contribution is 5.93. The van der Waals surface area contributed by atoms with Crippen LogP contribution in [0.2, 0.25) is 0 Å². The van der Waals surface area contributed by atoms with Crippen molar-refractivity contribution in [3.05, 3.63) is 29.3 Å². The SMILES string of the molecule is CCCN(CC(=O)Nc1ccc(C)cc1C)CC1CC1. The van der Waals surface area contributed by atoms with E-state index in [4.69, 9.17) is 0 Å². The molecule has 0 aromatic heterocycles. The zero-order valence-electron chi connectivity index (χ0n) is 12.9. The Morgan fingerprint density at radius 1 is 1.35 bits per heavy atom. The summed E-state index contributed by atoms with van der Waals surface area (Å²) in [7, 11) is 0. The maximum atomic E-state index is 12.2.